The lowest BCUT2D eigenvalue weighted by Gasteiger charge is -2.22. The average Bonchev–Trinajstić information content (AvgIpc) is 3.24. The standard InChI is InChI=1S/C21H17N3O3S/c1-12-8-10-14(11-9-12)17-16(18(25)15-6-4-3-5-7-15)19(26)20(27)24(17)21-23-22-13(2)28-21/h3-11,17,25H,1-2H3/b18-16+/t17-/m0/s1. The van der Waals surface area contributed by atoms with E-state index in [1.54, 1.807) is 31.2 Å². The zero-order valence-electron chi connectivity index (χ0n) is 15.3. The Hall–Kier alpha value is -3.32. The van der Waals surface area contributed by atoms with Crippen LogP contribution in [0.3, 0.4) is 0 Å². The molecule has 1 aromatic heterocycles. The molecule has 0 aliphatic carbocycles. The van der Waals surface area contributed by atoms with Crippen molar-refractivity contribution in [2.75, 3.05) is 4.90 Å². The highest BCUT2D eigenvalue weighted by atomic mass is 32.1. The smallest absolute Gasteiger partial charge is 0.301 e. The van der Waals surface area contributed by atoms with Gasteiger partial charge in [0.1, 0.15) is 10.8 Å². The molecule has 1 aliphatic heterocycles. The van der Waals surface area contributed by atoms with Gasteiger partial charge in [-0.05, 0) is 19.4 Å². The predicted molar refractivity (Wildman–Crippen MR) is 107 cm³/mol. The first-order valence-electron chi connectivity index (χ1n) is 8.70. The molecule has 6 nitrogen and oxygen atoms in total. The fraction of sp³-hybridized carbons (Fsp3) is 0.143. The molecule has 1 saturated heterocycles. The van der Waals surface area contributed by atoms with Crippen molar-refractivity contribution < 1.29 is 14.7 Å². The summed E-state index contributed by atoms with van der Waals surface area (Å²) in [6, 6.07) is 15.5. The lowest BCUT2D eigenvalue weighted by atomic mass is 9.95. The van der Waals surface area contributed by atoms with Crippen LogP contribution in [0.1, 0.15) is 27.7 Å². The first-order chi connectivity index (χ1) is 13.5. The van der Waals surface area contributed by atoms with Gasteiger partial charge >= 0.3 is 5.91 Å². The Morgan fingerprint density at radius 1 is 1.00 bits per heavy atom. The molecule has 4 rings (SSSR count). The summed E-state index contributed by atoms with van der Waals surface area (Å²) >= 11 is 1.23. The summed E-state index contributed by atoms with van der Waals surface area (Å²) in [4.78, 5) is 27.1. The maximum atomic E-state index is 12.9. The molecule has 2 aromatic carbocycles. The number of benzene rings is 2. The number of carbonyl (C=O) groups excluding carboxylic acids is 2. The molecule has 140 valence electrons. The summed E-state index contributed by atoms with van der Waals surface area (Å²) in [6.45, 7) is 3.74. The van der Waals surface area contributed by atoms with Crippen molar-refractivity contribution in [2.45, 2.75) is 19.9 Å². The van der Waals surface area contributed by atoms with E-state index in [1.165, 1.54) is 16.2 Å². The van der Waals surface area contributed by atoms with E-state index in [4.69, 9.17) is 0 Å². The number of rotatable bonds is 3. The molecule has 7 heteroatoms. The van der Waals surface area contributed by atoms with E-state index in [2.05, 4.69) is 10.2 Å². The van der Waals surface area contributed by atoms with Gasteiger partial charge in [0.15, 0.2) is 0 Å². The number of amides is 1. The Morgan fingerprint density at radius 3 is 2.29 bits per heavy atom. The number of aliphatic hydroxyl groups is 1. The van der Waals surface area contributed by atoms with Crippen molar-refractivity contribution in [3.05, 3.63) is 81.9 Å². The normalized spacial score (nSPS) is 18.6. The zero-order valence-corrected chi connectivity index (χ0v) is 16.1. The van der Waals surface area contributed by atoms with E-state index < -0.39 is 17.7 Å². The monoisotopic (exact) mass is 391 g/mol. The van der Waals surface area contributed by atoms with Crippen molar-refractivity contribution in [3.8, 4) is 0 Å². The molecule has 1 atom stereocenters. The highest BCUT2D eigenvalue weighted by Crippen LogP contribution is 2.42. The van der Waals surface area contributed by atoms with Gasteiger partial charge in [0.25, 0.3) is 5.78 Å². The Morgan fingerprint density at radius 2 is 1.68 bits per heavy atom. The molecule has 2 heterocycles. The first-order valence-corrected chi connectivity index (χ1v) is 9.52. The Bertz CT molecular complexity index is 1090. The molecule has 0 bridgehead atoms. The number of nitrogens with zero attached hydrogens (tertiary/aromatic N) is 3. The molecule has 1 N–H and O–H groups in total. The second-order valence-corrected chi connectivity index (χ2v) is 7.71. The van der Waals surface area contributed by atoms with Gasteiger partial charge in [0.2, 0.25) is 5.13 Å². The molecule has 1 fully saturated rings. The first kappa shape index (κ1) is 18.1. The third-order valence-corrected chi connectivity index (χ3v) is 5.44. The molecular formula is C21H17N3O3S. The molecule has 3 aromatic rings. The average molecular weight is 391 g/mol. The molecule has 0 unspecified atom stereocenters. The molecule has 1 amide bonds. The van der Waals surface area contributed by atoms with E-state index in [-0.39, 0.29) is 11.3 Å². The van der Waals surface area contributed by atoms with Gasteiger partial charge in [-0.1, -0.05) is 71.5 Å². The summed E-state index contributed by atoms with van der Waals surface area (Å²) in [5.41, 5.74) is 2.30. The van der Waals surface area contributed by atoms with Crippen LogP contribution in [0.5, 0.6) is 0 Å². The summed E-state index contributed by atoms with van der Waals surface area (Å²) < 4.78 is 0. The lowest BCUT2D eigenvalue weighted by molar-refractivity contribution is -0.132. The van der Waals surface area contributed by atoms with Gasteiger partial charge in [0.05, 0.1) is 11.6 Å². The van der Waals surface area contributed by atoms with Gasteiger partial charge in [-0.3, -0.25) is 14.5 Å². The molecule has 28 heavy (non-hydrogen) atoms. The van der Waals surface area contributed by atoms with E-state index in [0.29, 0.717) is 15.7 Å². The Labute approximate surface area is 165 Å². The van der Waals surface area contributed by atoms with Crippen LogP contribution in [0, 0.1) is 13.8 Å². The van der Waals surface area contributed by atoms with Crippen molar-refractivity contribution in [1.29, 1.82) is 0 Å². The fourth-order valence-corrected chi connectivity index (χ4v) is 3.94. The van der Waals surface area contributed by atoms with Crippen LogP contribution in [0.4, 0.5) is 5.13 Å². The van der Waals surface area contributed by atoms with Crippen LogP contribution < -0.4 is 4.90 Å². The molecular weight excluding hydrogens is 374 g/mol. The van der Waals surface area contributed by atoms with Crippen LogP contribution in [0.2, 0.25) is 0 Å². The second-order valence-electron chi connectivity index (χ2n) is 6.55. The molecule has 0 saturated carbocycles. The highest BCUT2D eigenvalue weighted by molar-refractivity contribution is 7.15. The number of anilines is 1. The minimum Gasteiger partial charge on any atom is -0.507 e. The SMILES string of the molecule is Cc1ccc([C@H]2/C(=C(\O)c3ccccc3)C(=O)C(=O)N2c2nnc(C)s2)cc1. The Balaban J connectivity index is 1.94. The third-order valence-electron chi connectivity index (χ3n) is 4.61. The zero-order chi connectivity index (χ0) is 19.8. The van der Waals surface area contributed by atoms with E-state index in [9.17, 15) is 14.7 Å². The summed E-state index contributed by atoms with van der Waals surface area (Å²) in [5.74, 6) is -1.66. The van der Waals surface area contributed by atoms with Crippen LogP contribution >= 0.6 is 11.3 Å². The van der Waals surface area contributed by atoms with Crippen LogP contribution in [-0.4, -0.2) is 27.0 Å². The van der Waals surface area contributed by atoms with Gasteiger partial charge in [0, 0.05) is 5.56 Å². The minimum atomic E-state index is -0.770. The number of Topliss-reactive ketones (excluding diaryl/α,β-unsaturated/α-hetero) is 1. The predicted octanol–water partition coefficient (Wildman–Crippen LogP) is 3.78. The van der Waals surface area contributed by atoms with Gasteiger partial charge in [-0.15, -0.1) is 10.2 Å². The molecule has 0 spiro atoms. The maximum absolute atomic E-state index is 12.9. The van der Waals surface area contributed by atoms with Crippen LogP contribution in [-0.2, 0) is 9.59 Å². The quantitative estimate of drug-likeness (QED) is 0.417. The summed E-state index contributed by atoms with van der Waals surface area (Å²) in [6.07, 6.45) is 0. The molecule has 0 radical (unpaired) electrons. The van der Waals surface area contributed by atoms with Crippen LogP contribution in [0.15, 0.2) is 60.2 Å². The number of ketones is 1. The number of carbonyl (C=O) groups is 2. The Kier molecular flexibility index (Phi) is 4.52. The highest BCUT2D eigenvalue weighted by Gasteiger charge is 2.48. The van der Waals surface area contributed by atoms with Crippen LogP contribution in [0.25, 0.3) is 5.76 Å². The number of aliphatic hydroxyl groups excluding tert-OH is 1. The van der Waals surface area contributed by atoms with Crippen molar-refractivity contribution in [1.82, 2.24) is 10.2 Å². The maximum Gasteiger partial charge on any atom is 0.301 e. The van der Waals surface area contributed by atoms with Gasteiger partial charge < -0.3 is 5.11 Å². The topological polar surface area (TPSA) is 83.4 Å². The third kappa shape index (κ3) is 2.99. The van der Waals surface area contributed by atoms with Crippen molar-refractivity contribution in [2.24, 2.45) is 0 Å². The number of aromatic nitrogens is 2. The van der Waals surface area contributed by atoms with Crippen molar-refractivity contribution >= 4 is 33.9 Å². The number of hydrogen-bond acceptors (Lipinski definition) is 6. The van der Waals surface area contributed by atoms with E-state index in [1.807, 2.05) is 37.3 Å². The fourth-order valence-electron chi connectivity index (χ4n) is 3.23. The summed E-state index contributed by atoms with van der Waals surface area (Å²) in [7, 11) is 0. The lowest BCUT2D eigenvalue weighted by Crippen LogP contribution is -2.29. The number of aryl methyl sites for hydroxylation is 2. The van der Waals surface area contributed by atoms with E-state index in [0.717, 1.165) is 11.1 Å². The summed E-state index contributed by atoms with van der Waals surface area (Å²) in [5, 5.41) is 20.0. The number of hydrogen-bond donors (Lipinski definition) is 1. The second kappa shape index (κ2) is 7.01. The minimum absolute atomic E-state index is 0.0490. The van der Waals surface area contributed by atoms with Gasteiger partial charge in [-0.2, -0.15) is 0 Å². The largest absolute Gasteiger partial charge is 0.507 e. The molecule has 1 aliphatic rings. The van der Waals surface area contributed by atoms with E-state index >= 15 is 0 Å². The van der Waals surface area contributed by atoms with Gasteiger partial charge in [-0.25, -0.2) is 0 Å². The van der Waals surface area contributed by atoms with Crippen molar-refractivity contribution in [3.63, 3.8) is 0 Å².